The third kappa shape index (κ3) is 4.40. The fourth-order valence-corrected chi connectivity index (χ4v) is 4.28. The van der Waals surface area contributed by atoms with E-state index >= 15 is 0 Å². The van der Waals surface area contributed by atoms with Crippen LogP contribution in [0.15, 0.2) is 65.6 Å². The Morgan fingerprint density at radius 3 is 2.57 bits per heavy atom. The van der Waals surface area contributed by atoms with E-state index in [0.717, 1.165) is 6.42 Å². The number of rotatable bonds is 7. The van der Waals surface area contributed by atoms with Crippen LogP contribution in [0.1, 0.15) is 27.9 Å². The maximum atomic E-state index is 12.6. The summed E-state index contributed by atoms with van der Waals surface area (Å²) in [4.78, 5) is 11.9. The van der Waals surface area contributed by atoms with Crippen LogP contribution < -0.4 is 4.72 Å². The van der Waals surface area contributed by atoms with Crippen LogP contribution in [0, 0.1) is 6.92 Å². The van der Waals surface area contributed by atoms with E-state index in [9.17, 15) is 13.2 Å². The number of ether oxygens (including phenoxy) is 1. The molecule has 3 aromatic rings. The molecule has 0 aliphatic carbocycles. The first kappa shape index (κ1) is 20.0. The van der Waals surface area contributed by atoms with E-state index in [0.29, 0.717) is 18.5 Å². The van der Waals surface area contributed by atoms with E-state index in [1.807, 2.05) is 18.2 Å². The molecule has 0 amide bonds. The largest absolute Gasteiger partial charge is 0.465 e. The molecule has 3 aromatic carbocycles. The standard InChI is InChI=1S/C22H23NO4S/c1-16-12-13-19(15-21(16)22(24)27-2)28(25,26)23-14-6-10-18-9-5-8-17-7-3-4-11-20(17)18/h3-5,7-9,11-13,15,23H,6,10,14H2,1-2H3. The summed E-state index contributed by atoms with van der Waals surface area (Å²) in [5.74, 6) is -0.550. The minimum Gasteiger partial charge on any atom is -0.465 e. The molecule has 1 N–H and O–H groups in total. The quantitative estimate of drug-likeness (QED) is 0.486. The highest BCUT2D eigenvalue weighted by Crippen LogP contribution is 2.20. The highest BCUT2D eigenvalue weighted by atomic mass is 32.2. The predicted molar refractivity (Wildman–Crippen MR) is 110 cm³/mol. The summed E-state index contributed by atoms with van der Waals surface area (Å²) in [5, 5.41) is 2.37. The second kappa shape index (κ2) is 8.54. The number of nitrogens with one attached hydrogen (secondary N) is 1. The van der Waals surface area contributed by atoms with Crippen LogP contribution in [0.2, 0.25) is 0 Å². The summed E-state index contributed by atoms with van der Waals surface area (Å²) in [5.41, 5.74) is 2.11. The van der Waals surface area contributed by atoms with Crippen molar-refractivity contribution in [1.82, 2.24) is 4.72 Å². The van der Waals surface area contributed by atoms with Gasteiger partial charge in [0.05, 0.1) is 17.6 Å². The molecular weight excluding hydrogens is 374 g/mol. The second-order valence-corrected chi connectivity index (χ2v) is 8.37. The first-order valence-electron chi connectivity index (χ1n) is 9.07. The molecule has 0 spiro atoms. The van der Waals surface area contributed by atoms with E-state index in [2.05, 4.69) is 29.0 Å². The summed E-state index contributed by atoms with van der Waals surface area (Å²) in [6.07, 6.45) is 1.44. The zero-order chi connectivity index (χ0) is 20.1. The molecule has 0 aliphatic rings. The average molecular weight is 397 g/mol. The number of sulfonamides is 1. The van der Waals surface area contributed by atoms with Crippen LogP contribution in [0.5, 0.6) is 0 Å². The van der Waals surface area contributed by atoms with Gasteiger partial charge in [0.15, 0.2) is 0 Å². The van der Waals surface area contributed by atoms with Crippen molar-refractivity contribution < 1.29 is 17.9 Å². The Kier molecular flexibility index (Phi) is 6.11. The number of fused-ring (bicyclic) bond motifs is 1. The Morgan fingerprint density at radius 1 is 1.04 bits per heavy atom. The number of carbonyl (C=O) groups is 1. The molecule has 0 bridgehead atoms. The van der Waals surface area contributed by atoms with Gasteiger partial charge in [0, 0.05) is 6.54 Å². The lowest BCUT2D eigenvalue weighted by molar-refractivity contribution is 0.0599. The number of methoxy groups -OCH3 is 1. The van der Waals surface area contributed by atoms with Crippen molar-refractivity contribution in [3.05, 3.63) is 77.4 Å². The molecule has 0 saturated heterocycles. The molecule has 6 heteroatoms. The minimum atomic E-state index is -3.70. The molecule has 0 saturated carbocycles. The third-order valence-electron chi connectivity index (χ3n) is 4.72. The van der Waals surface area contributed by atoms with Gasteiger partial charge >= 0.3 is 5.97 Å². The molecule has 0 heterocycles. The van der Waals surface area contributed by atoms with Crippen molar-refractivity contribution in [2.24, 2.45) is 0 Å². The van der Waals surface area contributed by atoms with Crippen molar-refractivity contribution >= 4 is 26.8 Å². The van der Waals surface area contributed by atoms with E-state index in [1.165, 1.54) is 35.6 Å². The molecular formula is C22H23NO4S. The van der Waals surface area contributed by atoms with Crippen LogP contribution in [0.4, 0.5) is 0 Å². The minimum absolute atomic E-state index is 0.0589. The van der Waals surface area contributed by atoms with Gasteiger partial charge in [0.2, 0.25) is 10.0 Å². The van der Waals surface area contributed by atoms with Crippen LogP contribution in [0.25, 0.3) is 10.8 Å². The topological polar surface area (TPSA) is 72.5 Å². The summed E-state index contributed by atoms with van der Waals surface area (Å²) in [6, 6.07) is 18.8. The van der Waals surface area contributed by atoms with Crippen molar-refractivity contribution in [3.63, 3.8) is 0 Å². The van der Waals surface area contributed by atoms with Crippen molar-refractivity contribution in [2.75, 3.05) is 13.7 Å². The SMILES string of the molecule is COC(=O)c1cc(S(=O)(=O)NCCCc2cccc3ccccc23)ccc1C. The number of carbonyl (C=O) groups excluding carboxylic acids is 1. The fourth-order valence-electron chi connectivity index (χ4n) is 3.18. The van der Waals surface area contributed by atoms with Gasteiger partial charge in [-0.15, -0.1) is 0 Å². The van der Waals surface area contributed by atoms with Crippen LogP contribution in [-0.4, -0.2) is 28.0 Å². The highest BCUT2D eigenvalue weighted by Gasteiger charge is 2.18. The molecule has 0 atom stereocenters. The summed E-state index contributed by atoms with van der Waals surface area (Å²) in [7, 11) is -2.42. The van der Waals surface area contributed by atoms with Gasteiger partial charge in [-0.2, -0.15) is 0 Å². The monoisotopic (exact) mass is 397 g/mol. The lowest BCUT2D eigenvalue weighted by Crippen LogP contribution is -2.25. The Hall–Kier alpha value is -2.70. The lowest BCUT2D eigenvalue weighted by atomic mass is 10.0. The van der Waals surface area contributed by atoms with Gasteiger partial charge < -0.3 is 4.74 Å². The molecule has 3 rings (SSSR count). The molecule has 0 radical (unpaired) electrons. The highest BCUT2D eigenvalue weighted by molar-refractivity contribution is 7.89. The zero-order valence-corrected chi connectivity index (χ0v) is 16.8. The van der Waals surface area contributed by atoms with Gasteiger partial charge in [-0.3, -0.25) is 0 Å². The molecule has 146 valence electrons. The van der Waals surface area contributed by atoms with Gasteiger partial charge in [0.25, 0.3) is 0 Å². The summed E-state index contributed by atoms with van der Waals surface area (Å²) >= 11 is 0. The predicted octanol–water partition coefficient (Wildman–Crippen LogP) is 3.85. The number of esters is 1. The van der Waals surface area contributed by atoms with Crippen LogP contribution in [0.3, 0.4) is 0 Å². The Morgan fingerprint density at radius 2 is 1.79 bits per heavy atom. The fraction of sp³-hybridized carbons (Fsp3) is 0.227. The molecule has 0 unspecified atom stereocenters. The Bertz CT molecular complexity index is 1100. The Labute approximate surface area is 165 Å². The molecule has 28 heavy (non-hydrogen) atoms. The number of hydrogen-bond acceptors (Lipinski definition) is 4. The number of benzene rings is 3. The van der Waals surface area contributed by atoms with Crippen molar-refractivity contribution in [3.8, 4) is 0 Å². The van der Waals surface area contributed by atoms with E-state index in [-0.39, 0.29) is 10.5 Å². The van der Waals surface area contributed by atoms with Gasteiger partial charge in [-0.25, -0.2) is 17.9 Å². The average Bonchev–Trinajstić information content (AvgIpc) is 2.71. The first-order chi connectivity index (χ1) is 13.4. The van der Waals surface area contributed by atoms with Gasteiger partial charge in [0.1, 0.15) is 0 Å². The normalized spacial score (nSPS) is 11.5. The number of aryl methyl sites for hydroxylation is 2. The maximum Gasteiger partial charge on any atom is 0.338 e. The summed E-state index contributed by atoms with van der Waals surface area (Å²) in [6.45, 7) is 2.05. The smallest absolute Gasteiger partial charge is 0.338 e. The van der Waals surface area contributed by atoms with Crippen molar-refractivity contribution in [1.29, 1.82) is 0 Å². The molecule has 0 aliphatic heterocycles. The number of hydrogen-bond donors (Lipinski definition) is 1. The zero-order valence-electron chi connectivity index (χ0n) is 15.9. The molecule has 0 aromatic heterocycles. The van der Waals surface area contributed by atoms with E-state index < -0.39 is 16.0 Å². The van der Waals surface area contributed by atoms with Gasteiger partial charge in [-0.05, 0) is 53.8 Å². The van der Waals surface area contributed by atoms with Crippen LogP contribution >= 0.6 is 0 Å². The third-order valence-corrected chi connectivity index (χ3v) is 6.18. The van der Waals surface area contributed by atoms with E-state index in [4.69, 9.17) is 4.74 Å². The van der Waals surface area contributed by atoms with Crippen molar-refractivity contribution in [2.45, 2.75) is 24.7 Å². The second-order valence-electron chi connectivity index (χ2n) is 6.61. The lowest BCUT2D eigenvalue weighted by Gasteiger charge is -2.10. The Balaban J connectivity index is 1.66. The van der Waals surface area contributed by atoms with Gasteiger partial charge in [-0.1, -0.05) is 48.5 Å². The molecule has 5 nitrogen and oxygen atoms in total. The first-order valence-corrected chi connectivity index (χ1v) is 10.6. The van der Waals surface area contributed by atoms with E-state index in [1.54, 1.807) is 13.0 Å². The van der Waals surface area contributed by atoms with Crippen LogP contribution in [-0.2, 0) is 21.2 Å². The maximum absolute atomic E-state index is 12.6. The molecule has 0 fully saturated rings. The summed E-state index contributed by atoms with van der Waals surface area (Å²) < 4.78 is 32.5.